The van der Waals surface area contributed by atoms with E-state index in [1.165, 1.54) is 0 Å². The summed E-state index contributed by atoms with van der Waals surface area (Å²) in [5.41, 5.74) is 2.14. The van der Waals surface area contributed by atoms with Crippen molar-refractivity contribution >= 4 is 17.6 Å². The summed E-state index contributed by atoms with van der Waals surface area (Å²) in [6.07, 6.45) is 2.24. The molecule has 0 aliphatic heterocycles. The average molecular weight is 335 g/mol. The van der Waals surface area contributed by atoms with Gasteiger partial charge in [-0.3, -0.25) is 9.59 Å². The first-order valence-corrected chi connectivity index (χ1v) is 8.69. The normalized spacial score (nSPS) is 10.3. The maximum atomic E-state index is 11.7. The molecule has 134 valence electrons. The fourth-order valence-electron chi connectivity index (χ4n) is 2.22. The summed E-state index contributed by atoms with van der Waals surface area (Å²) in [6, 6.07) is 8.03. The maximum Gasteiger partial charge on any atom is 0.307 e. The number of rotatable bonds is 11. The van der Waals surface area contributed by atoms with E-state index in [4.69, 9.17) is 9.47 Å². The molecular weight excluding hydrogens is 306 g/mol. The van der Waals surface area contributed by atoms with Crippen LogP contribution in [0.5, 0.6) is 0 Å². The Hall–Kier alpha value is -2.04. The Morgan fingerprint density at radius 3 is 1.96 bits per heavy atom. The van der Waals surface area contributed by atoms with Crippen LogP contribution >= 0.6 is 0 Å². The maximum absolute atomic E-state index is 11.7. The molecule has 0 atom stereocenters. The van der Waals surface area contributed by atoms with Gasteiger partial charge in [0.1, 0.15) is 0 Å². The van der Waals surface area contributed by atoms with Crippen LogP contribution in [-0.4, -0.2) is 38.2 Å². The van der Waals surface area contributed by atoms with E-state index in [1.54, 1.807) is 0 Å². The van der Waals surface area contributed by atoms with Crippen molar-refractivity contribution in [3.8, 4) is 0 Å². The van der Waals surface area contributed by atoms with Gasteiger partial charge >= 0.3 is 11.9 Å². The van der Waals surface area contributed by atoms with Crippen molar-refractivity contribution in [1.82, 2.24) is 0 Å². The summed E-state index contributed by atoms with van der Waals surface area (Å²) in [7, 11) is 0. The molecule has 1 rings (SSSR count). The Labute approximate surface area is 144 Å². The van der Waals surface area contributed by atoms with E-state index in [9.17, 15) is 9.59 Å². The molecule has 0 saturated heterocycles. The second kappa shape index (κ2) is 11.5. The fraction of sp³-hybridized carbons (Fsp3) is 0.579. The predicted molar refractivity (Wildman–Crippen MR) is 95.1 cm³/mol. The third kappa shape index (κ3) is 7.99. The second-order valence-electron chi connectivity index (χ2n) is 5.77. The first-order chi connectivity index (χ1) is 11.6. The summed E-state index contributed by atoms with van der Waals surface area (Å²) in [5, 5.41) is 0. The zero-order valence-electron chi connectivity index (χ0n) is 15.0. The lowest BCUT2D eigenvalue weighted by Crippen LogP contribution is -2.29. The molecule has 1 aromatic carbocycles. The molecule has 0 N–H and O–H groups in total. The summed E-state index contributed by atoms with van der Waals surface area (Å²) in [5.74, 6) is -0.411. The molecule has 0 radical (unpaired) electrons. The van der Waals surface area contributed by atoms with E-state index in [1.807, 2.05) is 43.9 Å². The van der Waals surface area contributed by atoms with Crippen molar-refractivity contribution in [2.45, 2.75) is 46.5 Å². The van der Waals surface area contributed by atoms with Crippen molar-refractivity contribution in [3.63, 3.8) is 0 Å². The van der Waals surface area contributed by atoms with Crippen molar-refractivity contribution in [2.24, 2.45) is 0 Å². The minimum Gasteiger partial charge on any atom is -0.466 e. The Kier molecular flexibility index (Phi) is 9.58. The molecule has 0 spiro atoms. The number of aryl methyl sites for hydroxylation is 1. The molecule has 0 unspecified atom stereocenters. The summed E-state index contributed by atoms with van der Waals surface area (Å²) in [6.45, 7) is 7.90. The predicted octanol–water partition coefficient (Wildman–Crippen LogP) is 3.49. The lowest BCUT2D eigenvalue weighted by molar-refractivity contribution is -0.143. The van der Waals surface area contributed by atoms with Crippen LogP contribution in [-0.2, 0) is 19.1 Å². The van der Waals surface area contributed by atoms with E-state index >= 15 is 0 Å². The van der Waals surface area contributed by atoms with Crippen LogP contribution in [0.4, 0.5) is 5.69 Å². The van der Waals surface area contributed by atoms with Gasteiger partial charge in [-0.15, -0.1) is 0 Å². The van der Waals surface area contributed by atoms with Crippen LogP contribution < -0.4 is 4.90 Å². The first-order valence-electron chi connectivity index (χ1n) is 8.69. The van der Waals surface area contributed by atoms with Gasteiger partial charge in [0.05, 0.1) is 26.1 Å². The smallest absolute Gasteiger partial charge is 0.307 e. The lowest BCUT2D eigenvalue weighted by Gasteiger charge is -2.24. The summed E-state index contributed by atoms with van der Waals surface area (Å²) >= 11 is 0. The molecule has 0 amide bonds. The standard InChI is InChI=1S/C19H29NO4/c1-4-13-23-18(21)9-11-20(12-10-19(22)24-14-5-2)17-8-6-7-16(3)15-17/h6-8,15H,4-5,9-14H2,1-3H3. The largest absolute Gasteiger partial charge is 0.466 e. The number of carbonyl (C=O) groups excluding carboxylic acids is 2. The van der Waals surface area contributed by atoms with E-state index < -0.39 is 0 Å². The van der Waals surface area contributed by atoms with Gasteiger partial charge in [-0.1, -0.05) is 26.0 Å². The molecule has 0 heterocycles. The van der Waals surface area contributed by atoms with Gasteiger partial charge in [-0.2, -0.15) is 0 Å². The number of benzene rings is 1. The fourth-order valence-corrected chi connectivity index (χ4v) is 2.22. The van der Waals surface area contributed by atoms with Crippen LogP contribution in [0, 0.1) is 6.92 Å². The molecular formula is C19H29NO4. The highest BCUT2D eigenvalue weighted by Gasteiger charge is 2.13. The summed E-state index contributed by atoms with van der Waals surface area (Å²) < 4.78 is 10.2. The molecule has 0 aliphatic carbocycles. The Balaban J connectivity index is 2.62. The lowest BCUT2D eigenvalue weighted by atomic mass is 10.2. The van der Waals surface area contributed by atoms with E-state index in [-0.39, 0.29) is 11.9 Å². The monoisotopic (exact) mass is 335 g/mol. The molecule has 24 heavy (non-hydrogen) atoms. The highest BCUT2D eigenvalue weighted by molar-refractivity contribution is 5.71. The van der Waals surface area contributed by atoms with Crippen LogP contribution in [0.2, 0.25) is 0 Å². The average Bonchev–Trinajstić information content (AvgIpc) is 2.58. The Morgan fingerprint density at radius 1 is 0.958 bits per heavy atom. The van der Waals surface area contributed by atoms with Crippen molar-refractivity contribution < 1.29 is 19.1 Å². The number of esters is 2. The zero-order valence-corrected chi connectivity index (χ0v) is 15.0. The molecule has 0 saturated carbocycles. The van der Waals surface area contributed by atoms with E-state index in [2.05, 4.69) is 6.07 Å². The van der Waals surface area contributed by atoms with Crippen molar-refractivity contribution in [1.29, 1.82) is 0 Å². The van der Waals surface area contributed by atoms with Gasteiger partial charge in [0.2, 0.25) is 0 Å². The minimum atomic E-state index is -0.205. The van der Waals surface area contributed by atoms with Crippen LogP contribution in [0.25, 0.3) is 0 Å². The number of carbonyl (C=O) groups is 2. The molecule has 0 fully saturated rings. The van der Waals surface area contributed by atoms with Crippen molar-refractivity contribution in [3.05, 3.63) is 29.8 Å². The SMILES string of the molecule is CCCOC(=O)CCN(CCC(=O)OCCC)c1cccc(C)c1. The highest BCUT2D eigenvalue weighted by Crippen LogP contribution is 2.17. The van der Waals surface area contributed by atoms with Gasteiger partial charge in [-0.05, 0) is 37.5 Å². The van der Waals surface area contributed by atoms with Gasteiger partial charge < -0.3 is 14.4 Å². The van der Waals surface area contributed by atoms with Crippen LogP contribution in [0.3, 0.4) is 0 Å². The van der Waals surface area contributed by atoms with E-state index in [0.717, 1.165) is 24.1 Å². The van der Waals surface area contributed by atoms with Crippen LogP contribution in [0.1, 0.15) is 45.1 Å². The van der Waals surface area contributed by atoms with Gasteiger partial charge in [0, 0.05) is 18.8 Å². The molecule has 5 nitrogen and oxygen atoms in total. The second-order valence-corrected chi connectivity index (χ2v) is 5.77. The third-order valence-corrected chi connectivity index (χ3v) is 3.47. The highest BCUT2D eigenvalue weighted by atomic mass is 16.5. The Morgan fingerprint density at radius 2 is 1.50 bits per heavy atom. The molecule has 0 aromatic heterocycles. The third-order valence-electron chi connectivity index (χ3n) is 3.47. The zero-order chi connectivity index (χ0) is 17.8. The van der Waals surface area contributed by atoms with E-state index in [0.29, 0.717) is 39.1 Å². The molecule has 5 heteroatoms. The topological polar surface area (TPSA) is 55.8 Å². The van der Waals surface area contributed by atoms with Crippen molar-refractivity contribution in [2.75, 3.05) is 31.2 Å². The molecule has 0 aliphatic rings. The first kappa shape index (κ1) is 20.0. The minimum absolute atomic E-state index is 0.205. The number of ether oxygens (including phenoxy) is 2. The van der Waals surface area contributed by atoms with Gasteiger partial charge in [0.15, 0.2) is 0 Å². The number of hydrogen-bond acceptors (Lipinski definition) is 5. The van der Waals surface area contributed by atoms with Gasteiger partial charge in [0.25, 0.3) is 0 Å². The number of anilines is 1. The summed E-state index contributed by atoms with van der Waals surface area (Å²) in [4.78, 5) is 25.5. The quantitative estimate of drug-likeness (QED) is 0.579. The molecule has 1 aromatic rings. The molecule has 0 bridgehead atoms. The number of nitrogens with zero attached hydrogens (tertiary/aromatic N) is 1. The Bertz CT molecular complexity index is 492. The number of hydrogen-bond donors (Lipinski definition) is 0. The van der Waals surface area contributed by atoms with Crippen LogP contribution in [0.15, 0.2) is 24.3 Å². The van der Waals surface area contributed by atoms with Gasteiger partial charge in [-0.25, -0.2) is 0 Å².